The fraction of sp³-hybridized carbons (Fsp3) is 0.143. The molecule has 0 radical (unpaired) electrons. The van der Waals surface area contributed by atoms with Crippen LogP contribution in [0.2, 0.25) is 0 Å². The standard InChI is InChI=1S/C28H21N5O5/c1-35-19-8-4-2-6-17(19)15-33-25-18-7-3-5-9-20(18)38-26(25)23(24(28(33)34)27-29-31-32-30-27)16-10-11-21-22(14-16)37-13-12-36-21/h2-11,14H,12-13,15H2,1H3,(H,29,30,31,32). The normalized spacial score (nSPS) is 12.8. The Morgan fingerprint density at radius 3 is 2.63 bits per heavy atom. The molecule has 0 saturated carbocycles. The number of ether oxygens (including phenoxy) is 3. The smallest absolute Gasteiger partial charge is 0.263 e. The zero-order valence-electron chi connectivity index (χ0n) is 20.3. The highest BCUT2D eigenvalue weighted by Gasteiger charge is 2.27. The number of furan rings is 1. The van der Waals surface area contributed by atoms with Gasteiger partial charge in [0.2, 0.25) is 0 Å². The number of para-hydroxylation sites is 2. The van der Waals surface area contributed by atoms with Crippen LogP contribution >= 0.6 is 0 Å². The summed E-state index contributed by atoms with van der Waals surface area (Å²) in [5.41, 5.74) is 3.98. The molecule has 0 spiro atoms. The van der Waals surface area contributed by atoms with E-state index in [-0.39, 0.29) is 23.5 Å². The van der Waals surface area contributed by atoms with E-state index >= 15 is 0 Å². The number of methoxy groups -OCH3 is 1. The van der Waals surface area contributed by atoms with Crippen molar-refractivity contribution in [3.8, 4) is 39.8 Å². The molecule has 0 saturated heterocycles. The first-order valence-corrected chi connectivity index (χ1v) is 12.1. The summed E-state index contributed by atoms with van der Waals surface area (Å²) < 4.78 is 25.3. The van der Waals surface area contributed by atoms with Crippen LogP contribution in [0.3, 0.4) is 0 Å². The molecule has 188 valence electrons. The molecule has 6 aromatic rings. The molecule has 0 bridgehead atoms. The minimum atomic E-state index is -0.279. The van der Waals surface area contributed by atoms with Gasteiger partial charge in [-0.3, -0.25) is 9.36 Å². The van der Waals surface area contributed by atoms with E-state index in [1.165, 1.54) is 0 Å². The number of nitrogens with one attached hydrogen (secondary N) is 1. The Labute approximate surface area is 215 Å². The van der Waals surface area contributed by atoms with Crippen LogP contribution in [0.1, 0.15) is 5.56 Å². The largest absolute Gasteiger partial charge is 0.496 e. The summed E-state index contributed by atoms with van der Waals surface area (Å²) in [6.07, 6.45) is 0. The van der Waals surface area contributed by atoms with E-state index in [2.05, 4.69) is 20.6 Å². The van der Waals surface area contributed by atoms with Crippen molar-refractivity contribution >= 4 is 22.1 Å². The molecule has 10 heteroatoms. The van der Waals surface area contributed by atoms with Crippen LogP contribution in [0, 0.1) is 0 Å². The molecule has 3 aromatic carbocycles. The minimum absolute atomic E-state index is 0.232. The molecular weight excluding hydrogens is 486 g/mol. The van der Waals surface area contributed by atoms with Crippen molar-refractivity contribution in [2.75, 3.05) is 20.3 Å². The van der Waals surface area contributed by atoms with Gasteiger partial charge in [0, 0.05) is 16.5 Å². The molecular formula is C28H21N5O5. The van der Waals surface area contributed by atoms with Crippen LogP contribution in [0.5, 0.6) is 17.2 Å². The van der Waals surface area contributed by atoms with Crippen LogP contribution in [0.4, 0.5) is 0 Å². The van der Waals surface area contributed by atoms with E-state index in [1.807, 2.05) is 66.7 Å². The lowest BCUT2D eigenvalue weighted by atomic mass is 9.98. The Kier molecular flexibility index (Phi) is 5.10. The molecule has 10 nitrogen and oxygen atoms in total. The number of rotatable bonds is 5. The fourth-order valence-electron chi connectivity index (χ4n) is 5.04. The lowest BCUT2D eigenvalue weighted by Gasteiger charge is -2.20. The van der Waals surface area contributed by atoms with Gasteiger partial charge in [-0.25, -0.2) is 5.10 Å². The summed E-state index contributed by atoms with van der Waals surface area (Å²) >= 11 is 0. The van der Waals surface area contributed by atoms with E-state index in [4.69, 9.17) is 18.6 Å². The Morgan fingerprint density at radius 2 is 1.79 bits per heavy atom. The average molecular weight is 508 g/mol. The van der Waals surface area contributed by atoms with Crippen molar-refractivity contribution in [3.05, 3.63) is 82.6 Å². The van der Waals surface area contributed by atoms with E-state index in [0.29, 0.717) is 58.3 Å². The third-order valence-electron chi connectivity index (χ3n) is 6.71. The van der Waals surface area contributed by atoms with Crippen LogP contribution in [-0.2, 0) is 6.54 Å². The van der Waals surface area contributed by atoms with Crippen LogP contribution in [-0.4, -0.2) is 45.5 Å². The van der Waals surface area contributed by atoms with Gasteiger partial charge in [-0.1, -0.05) is 36.4 Å². The highest BCUT2D eigenvalue weighted by Crippen LogP contribution is 2.42. The first-order chi connectivity index (χ1) is 18.7. The third kappa shape index (κ3) is 3.41. The molecule has 38 heavy (non-hydrogen) atoms. The average Bonchev–Trinajstić information content (AvgIpc) is 3.62. The molecule has 1 aliphatic rings. The quantitative estimate of drug-likeness (QED) is 0.364. The summed E-state index contributed by atoms with van der Waals surface area (Å²) in [4.78, 5) is 14.4. The van der Waals surface area contributed by atoms with Gasteiger partial charge in [-0.05, 0) is 46.3 Å². The lowest BCUT2D eigenvalue weighted by Crippen LogP contribution is -2.24. The number of hydrogen-bond donors (Lipinski definition) is 1. The van der Waals surface area contributed by atoms with E-state index < -0.39 is 0 Å². The zero-order chi connectivity index (χ0) is 25.6. The summed E-state index contributed by atoms with van der Waals surface area (Å²) in [6.45, 7) is 1.17. The SMILES string of the molecule is COc1ccccc1Cn1c(=O)c(-c2nnn[nH]2)c(-c2ccc3c(c2)OCCO3)c2oc3ccccc3c21. The van der Waals surface area contributed by atoms with Gasteiger partial charge in [0.1, 0.15) is 24.5 Å². The van der Waals surface area contributed by atoms with Crippen molar-refractivity contribution in [1.29, 1.82) is 0 Å². The monoisotopic (exact) mass is 507 g/mol. The maximum Gasteiger partial charge on any atom is 0.263 e. The molecule has 3 aromatic heterocycles. The van der Waals surface area contributed by atoms with Gasteiger partial charge in [0.15, 0.2) is 22.9 Å². The number of pyridine rings is 1. The number of H-pyrrole nitrogens is 1. The van der Waals surface area contributed by atoms with E-state index in [9.17, 15) is 4.79 Å². The molecule has 4 heterocycles. The van der Waals surface area contributed by atoms with Crippen LogP contribution in [0.15, 0.2) is 75.9 Å². The topological polar surface area (TPSA) is 117 Å². The number of nitrogens with zero attached hydrogens (tertiary/aromatic N) is 4. The summed E-state index contributed by atoms with van der Waals surface area (Å²) in [6, 6.07) is 20.8. The summed E-state index contributed by atoms with van der Waals surface area (Å²) in [5, 5.41) is 15.2. The van der Waals surface area contributed by atoms with Crippen molar-refractivity contribution in [2.24, 2.45) is 0 Å². The molecule has 0 atom stereocenters. The maximum absolute atomic E-state index is 14.4. The Morgan fingerprint density at radius 1 is 0.974 bits per heavy atom. The Balaban J connectivity index is 1.60. The molecule has 1 N–H and O–H groups in total. The first kappa shape index (κ1) is 22.1. The molecule has 0 aliphatic carbocycles. The molecule has 1 aliphatic heterocycles. The van der Waals surface area contributed by atoms with Gasteiger partial charge in [0.25, 0.3) is 5.56 Å². The van der Waals surface area contributed by atoms with Crippen molar-refractivity contribution < 1.29 is 18.6 Å². The van der Waals surface area contributed by atoms with E-state index in [1.54, 1.807) is 11.7 Å². The van der Waals surface area contributed by atoms with Crippen molar-refractivity contribution in [3.63, 3.8) is 0 Å². The summed E-state index contributed by atoms with van der Waals surface area (Å²) in [5.74, 6) is 2.15. The maximum atomic E-state index is 14.4. The van der Waals surface area contributed by atoms with Gasteiger partial charge in [0.05, 0.1) is 24.7 Å². The number of hydrogen-bond acceptors (Lipinski definition) is 8. The second kappa shape index (κ2) is 8.77. The number of aromatic amines is 1. The lowest BCUT2D eigenvalue weighted by molar-refractivity contribution is 0.171. The Hall–Kier alpha value is -5.12. The van der Waals surface area contributed by atoms with Crippen molar-refractivity contribution in [2.45, 2.75) is 6.54 Å². The fourth-order valence-corrected chi connectivity index (χ4v) is 5.04. The predicted molar refractivity (Wildman–Crippen MR) is 140 cm³/mol. The van der Waals surface area contributed by atoms with E-state index in [0.717, 1.165) is 10.9 Å². The first-order valence-electron chi connectivity index (χ1n) is 12.1. The molecule has 0 amide bonds. The van der Waals surface area contributed by atoms with Gasteiger partial charge in [-0.2, -0.15) is 0 Å². The second-order valence-corrected chi connectivity index (χ2v) is 8.84. The number of aromatic nitrogens is 5. The van der Waals surface area contributed by atoms with Gasteiger partial charge >= 0.3 is 0 Å². The highest BCUT2D eigenvalue weighted by molar-refractivity contribution is 6.10. The number of tetrazole rings is 1. The summed E-state index contributed by atoms with van der Waals surface area (Å²) in [7, 11) is 1.61. The molecule has 0 unspecified atom stereocenters. The van der Waals surface area contributed by atoms with Crippen LogP contribution in [0.25, 0.3) is 44.6 Å². The number of benzene rings is 3. The number of fused-ring (bicyclic) bond motifs is 4. The highest BCUT2D eigenvalue weighted by atomic mass is 16.6. The molecule has 7 rings (SSSR count). The predicted octanol–water partition coefficient (Wildman–Crippen LogP) is 4.42. The van der Waals surface area contributed by atoms with Crippen LogP contribution < -0.4 is 19.8 Å². The molecule has 0 fully saturated rings. The second-order valence-electron chi connectivity index (χ2n) is 8.84. The Bertz CT molecular complexity index is 1870. The van der Waals surface area contributed by atoms with Gasteiger partial charge < -0.3 is 18.6 Å². The minimum Gasteiger partial charge on any atom is -0.496 e. The third-order valence-corrected chi connectivity index (χ3v) is 6.71. The van der Waals surface area contributed by atoms with Gasteiger partial charge in [-0.15, -0.1) is 5.10 Å². The van der Waals surface area contributed by atoms with Crippen molar-refractivity contribution in [1.82, 2.24) is 25.2 Å². The zero-order valence-corrected chi connectivity index (χ0v) is 20.3.